The molecule has 0 atom stereocenters. The van der Waals surface area contributed by atoms with Crippen molar-refractivity contribution >= 4 is 11.9 Å². The number of hydrogen-bond acceptors (Lipinski definition) is 4. The van der Waals surface area contributed by atoms with E-state index < -0.39 is 5.97 Å². The van der Waals surface area contributed by atoms with Crippen molar-refractivity contribution in [2.45, 2.75) is 78.1 Å². The van der Waals surface area contributed by atoms with Crippen LogP contribution in [-0.4, -0.2) is 37.4 Å². The van der Waals surface area contributed by atoms with Gasteiger partial charge in [-0.15, -0.1) is 0 Å². The molecule has 0 radical (unpaired) electrons. The summed E-state index contributed by atoms with van der Waals surface area (Å²) >= 11 is 0. The minimum atomic E-state index is -0.682. The molecule has 0 aliphatic carbocycles. The Kier molecular flexibility index (Phi) is 21.0. The largest absolute Gasteiger partial charge is 0.481 e. The summed E-state index contributed by atoms with van der Waals surface area (Å²) in [6.07, 6.45) is 9.64. The molecule has 5 nitrogen and oxygen atoms in total. The standard InChI is InChI=1S/C7H14O2.C6H12O2.C4H8O/c1-3-4-5-6-7(8)9-2;1-2-3-4-5-6(7)8;1-2-4-5-3-1/h3-6H2,1-2H3;2-5H2,1H3,(H,7,8);1-4H2. The predicted molar refractivity (Wildman–Crippen MR) is 88.0 cm³/mol. The Balaban J connectivity index is 0. The summed E-state index contributed by atoms with van der Waals surface area (Å²) in [5, 5.41) is 8.14. The normalized spacial score (nSPS) is 12.5. The highest BCUT2D eigenvalue weighted by Crippen LogP contribution is 1.99. The average molecular weight is 318 g/mol. The summed E-state index contributed by atoms with van der Waals surface area (Å²) in [7, 11) is 1.42. The summed E-state index contributed by atoms with van der Waals surface area (Å²) in [4.78, 5) is 20.3. The Labute approximate surface area is 135 Å². The molecule has 0 spiro atoms. The molecule has 0 aromatic heterocycles. The van der Waals surface area contributed by atoms with E-state index in [2.05, 4.69) is 18.6 Å². The third-order valence-electron chi connectivity index (χ3n) is 3.03. The van der Waals surface area contributed by atoms with Crippen molar-refractivity contribution in [1.29, 1.82) is 0 Å². The lowest BCUT2D eigenvalue weighted by molar-refractivity contribution is -0.140. The number of carbonyl (C=O) groups is 2. The van der Waals surface area contributed by atoms with Gasteiger partial charge in [-0.1, -0.05) is 39.5 Å². The Morgan fingerprint density at radius 3 is 1.77 bits per heavy atom. The predicted octanol–water partition coefficient (Wildman–Crippen LogP) is 4.19. The fraction of sp³-hybridized carbons (Fsp3) is 0.882. The van der Waals surface area contributed by atoms with E-state index in [0.717, 1.165) is 51.7 Å². The summed E-state index contributed by atoms with van der Waals surface area (Å²) in [6.45, 7) is 6.17. The molecule has 1 heterocycles. The first-order chi connectivity index (χ1) is 10.6. The monoisotopic (exact) mass is 318 g/mol. The molecule has 0 bridgehead atoms. The minimum Gasteiger partial charge on any atom is -0.481 e. The van der Waals surface area contributed by atoms with E-state index in [1.54, 1.807) is 0 Å². The van der Waals surface area contributed by atoms with Crippen molar-refractivity contribution in [1.82, 2.24) is 0 Å². The third kappa shape index (κ3) is 24.0. The van der Waals surface area contributed by atoms with Crippen molar-refractivity contribution in [2.24, 2.45) is 0 Å². The molecule has 0 aromatic rings. The zero-order chi connectivity index (χ0) is 17.1. The van der Waals surface area contributed by atoms with E-state index in [-0.39, 0.29) is 5.97 Å². The van der Waals surface area contributed by atoms with E-state index in [0.29, 0.717) is 12.8 Å². The highest BCUT2D eigenvalue weighted by molar-refractivity contribution is 5.68. The van der Waals surface area contributed by atoms with Crippen LogP contribution in [0, 0.1) is 0 Å². The van der Waals surface area contributed by atoms with E-state index in [4.69, 9.17) is 9.84 Å². The lowest BCUT2D eigenvalue weighted by Gasteiger charge is -1.95. The van der Waals surface area contributed by atoms with Crippen LogP contribution in [0.5, 0.6) is 0 Å². The summed E-state index contributed by atoms with van der Waals surface area (Å²) in [6, 6.07) is 0. The molecule has 132 valence electrons. The molecule has 1 fully saturated rings. The van der Waals surface area contributed by atoms with E-state index in [1.807, 2.05) is 0 Å². The Hall–Kier alpha value is -1.10. The van der Waals surface area contributed by atoms with Crippen molar-refractivity contribution in [3.05, 3.63) is 0 Å². The number of carboxylic acid groups (broad SMARTS) is 1. The second-order valence-corrected chi connectivity index (χ2v) is 5.20. The summed E-state index contributed by atoms with van der Waals surface area (Å²) in [5.74, 6) is -0.776. The zero-order valence-corrected chi connectivity index (χ0v) is 14.6. The van der Waals surface area contributed by atoms with Crippen LogP contribution in [0.25, 0.3) is 0 Å². The first-order valence-electron chi connectivity index (χ1n) is 8.44. The molecule has 1 rings (SSSR count). The Morgan fingerprint density at radius 1 is 0.955 bits per heavy atom. The molecule has 1 N–H and O–H groups in total. The molecule has 0 amide bonds. The molecule has 0 unspecified atom stereocenters. The lowest BCUT2D eigenvalue weighted by Crippen LogP contribution is -1.98. The van der Waals surface area contributed by atoms with Crippen LogP contribution in [-0.2, 0) is 19.1 Å². The van der Waals surface area contributed by atoms with E-state index in [1.165, 1.54) is 20.0 Å². The van der Waals surface area contributed by atoms with Gasteiger partial charge in [0.2, 0.25) is 0 Å². The quantitative estimate of drug-likeness (QED) is 0.536. The number of rotatable bonds is 8. The number of carboxylic acids is 1. The molecule has 1 saturated heterocycles. The Bertz CT molecular complexity index is 242. The lowest BCUT2D eigenvalue weighted by atomic mass is 10.2. The van der Waals surface area contributed by atoms with Crippen molar-refractivity contribution < 1.29 is 24.2 Å². The van der Waals surface area contributed by atoms with E-state index >= 15 is 0 Å². The minimum absolute atomic E-state index is 0.0940. The number of esters is 1. The van der Waals surface area contributed by atoms with Crippen LogP contribution in [0.4, 0.5) is 0 Å². The number of aliphatic carboxylic acids is 1. The maximum atomic E-state index is 10.5. The first kappa shape index (κ1) is 23.2. The molecule has 1 aliphatic heterocycles. The number of hydrogen-bond donors (Lipinski definition) is 1. The first-order valence-corrected chi connectivity index (χ1v) is 8.44. The number of unbranched alkanes of at least 4 members (excludes halogenated alkanes) is 4. The fourth-order valence-electron chi connectivity index (χ4n) is 1.66. The second-order valence-electron chi connectivity index (χ2n) is 5.20. The number of carbonyl (C=O) groups excluding carboxylic acids is 1. The van der Waals surface area contributed by atoms with Gasteiger partial charge < -0.3 is 14.6 Å². The van der Waals surface area contributed by atoms with Crippen molar-refractivity contribution in [3.8, 4) is 0 Å². The summed E-state index contributed by atoms with van der Waals surface area (Å²) in [5.41, 5.74) is 0. The molecule has 0 saturated carbocycles. The van der Waals surface area contributed by atoms with Gasteiger partial charge in [0, 0.05) is 26.1 Å². The summed E-state index contributed by atoms with van der Waals surface area (Å²) < 4.78 is 9.40. The Morgan fingerprint density at radius 2 is 1.45 bits per heavy atom. The van der Waals surface area contributed by atoms with Gasteiger partial charge in [0.1, 0.15) is 0 Å². The third-order valence-corrected chi connectivity index (χ3v) is 3.03. The maximum Gasteiger partial charge on any atom is 0.305 e. The van der Waals surface area contributed by atoms with Crippen molar-refractivity contribution in [3.63, 3.8) is 0 Å². The van der Waals surface area contributed by atoms with E-state index in [9.17, 15) is 9.59 Å². The smallest absolute Gasteiger partial charge is 0.305 e. The van der Waals surface area contributed by atoms with Gasteiger partial charge in [-0.25, -0.2) is 0 Å². The molecule has 22 heavy (non-hydrogen) atoms. The van der Waals surface area contributed by atoms with Gasteiger partial charge >= 0.3 is 11.9 Å². The number of ether oxygens (including phenoxy) is 2. The van der Waals surface area contributed by atoms with Crippen LogP contribution in [0.3, 0.4) is 0 Å². The second kappa shape index (κ2) is 19.9. The van der Waals surface area contributed by atoms with Crippen LogP contribution in [0.1, 0.15) is 78.1 Å². The van der Waals surface area contributed by atoms with Crippen LogP contribution in [0.15, 0.2) is 0 Å². The van der Waals surface area contributed by atoms with Crippen LogP contribution < -0.4 is 0 Å². The highest BCUT2D eigenvalue weighted by Gasteiger charge is 1.96. The van der Waals surface area contributed by atoms with Crippen LogP contribution in [0.2, 0.25) is 0 Å². The highest BCUT2D eigenvalue weighted by atomic mass is 16.5. The molecule has 1 aliphatic rings. The number of methoxy groups -OCH3 is 1. The molecular weight excluding hydrogens is 284 g/mol. The van der Waals surface area contributed by atoms with Gasteiger partial charge in [0.25, 0.3) is 0 Å². The molecular formula is C17H34O5. The topological polar surface area (TPSA) is 72.8 Å². The fourth-order valence-corrected chi connectivity index (χ4v) is 1.66. The average Bonchev–Trinajstić information content (AvgIpc) is 3.07. The van der Waals surface area contributed by atoms with Crippen LogP contribution >= 0.6 is 0 Å². The molecule has 0 aromatic carbocycles. The van der Waals surface area contributed by atoms with Gasteiger partial charge in [-0.3, -0.25) is 9.59 Å². The van der Waals surface area contributed by atoms with Gasteiger partial charge in [-0.2, -0.15) is 0 Å². The molecule has 5 heteroatoms. The van der Waals surface area contributed by atoms with Crippen molar-refractivity contribution in [2.75, 3.05) is 20.3 Å². The van der Waals surface area contributed by atoms with Gasteiger partial charge in [0.05, 0.1) is 7.11 Å². The van der Waals surface area contributed by atoms with Gasteiger partial charge in [0.15, 0.2) is 0 Å². The van der Waals surface area contributed by atoms with Gasteiger partial charge in [-0.05, 0) is 25.7 Å². The SMILES string of the molecule is C1CCOC1.CCCCCC(=O)O.CCCCCC(=O)OC. The maximum absolute atomic E-state index is 10.5. The zero-order valence-electron chi connectivity index (χ0n) is 14.6.